The Bertz CT molecular complexity index is 902. The molecule has 0 saturated carbocycles. The fraction of sp³-hybridized carbons (Fsp3) is 0.444. The molecule has 0 amide bonds. The molecule has 28 heavy (non-hydrogen) atoms. The maximum Gasteiger partial charge on any atom is 0.449 e. The molecular formula is C18H20F3N3O4. The van der Waals surface area contributed by atoms with Gasteiger partial charge in [0.05, 0.1) is 38.2 Å². The van der Waals surface area contributed by atoms with Gasteiger partial charge < -0.3 is 19.2 Å². The molecule has 0 radical (unpaired) electrons. The minimum Gasteiger partial charge on any atom is -0.496 e. The van der Waals surface area contributed by atoms with E-state index in [0.717, 1.165) is 5.56 Å². The van der Waals surface area contributed by atoms with Gasteiger partial charge in [0.25, 0.3) is 5.56 Å². The molecule has 3 rings (SSSR count). The van der Waals surface area contributed by atoms with Crippen molar-refractivity contribution in [3.8, 4) is 17.2 Å². The highest BCUT2D eigenvalue weighted by Gasteiger charge is 2.36. The molecule has 1 N–H and O–H groups in total. The summed E-state index contributed by atoms with van der Waals surface area (Å²) in [6.07, 6.45) is -4.45. The molecule has 2 heterocycles. The maximum absolute atomic E-state index is 12.8. The van der Waals surface area contributed by atoms with Gasteiger partial charge in [-0.05, 0) is 0 Å². The van der Waals surface area contributed by atoms with Crippen LogP contribution in [0.3, 0.4) is 0 Å². The van der Waals surface area contributed by atoms with Crippen LogP contribution in [-0.2, 0) is 25.7 Å². The van der Waals surface area contributed by atoms with Crippen LogP contribution >= 0.6 is 0 Å². The van der Waals surface area contributed by atoms with Gasteiger partial charge in [0, 0.05) is 38.2 Å². The normalized spacial score (nSPS) is 14.5. The number of halogens is 3. The van der Waals surface area contributed by atoms with E-state index in [2.05, 4.69) is 4.98 Å². The van der Waals surface area contributed by atoms with E-state index in [1.54, 1.807) is 12.1 Å². The van der Waals surface area contributed by atoms with Gasteiger partial charge in [-0.15, -0.1) is 0 Å². The maximum atomic E-state index is 12.8. The summed E-state index contributed by atoms with van der Waals surface area (Å²) in [4.78, 5) is 19.5. The minimum atomic E-state index is -4.69. The molecule has 0 unspecified atom stereocenters. The number of hydrogen-bond acceptors (Lipinski definition) is 6. The SMILES string of the molecule is COc1cc(OC)c(CN2CCc3nc(C(F)(F)F)[nH]c(=O)c3C2)c(OC)c1. The lowest BCUT2D eigenvalue weighted by Gasteiger charge is -2.29. The minimum absolute atomic E-state index is 0.175. The molecule has 0 aliphatic carbocycles. The lowest BCUT2D eigenvalue weighted by molar-refractivity contribution is -0.145. The van der Waals surface area contributed by atoms with E-state index in [1.165, 1.54) is 21.3 Å². The predicted molar refractivity (Wildman–Crippen MR) is 93.8 cm³/mol. The summed E-state index contributed by atoms with van der Waals surface area (Å²) in [7, 11) is 4.58. The van der Waals surface area contributed by atoms with E-state index in [9.17, 15) is 18.0 Å². The first-order valence-corrected chi connectivity index (χ1v) is 8.47. The molecule has 1 aromatic heterocycles. The molecule has 7 nitrogen and oxygen atoms in total. The second kappa shape index (κ2) is 7.70. The molecule has 0 atom stereocenters. The summed E-state index contributed by atoms with van der Waals surface area (Å²) in [6.45, 7) is 1.00. The average molecular weight is 399 g/mol. The number of hydrogen-bond donors (Lipinski definition) is 1. The standard InChI is InChI=1S/C18H20F3N3O4/c1-26-10-6-14(27-2)12(15(7-10)28-3)9-24-5-4-13-11(8-24)16(25)23-17(22-13)18(19,20)21/h6-7H,4-5,8-9H2,1-3H3,(H,22,23,25). The number of benzene rings is 1. The van der Waals surface area contributed by atoms with Gasteiger partial charge >= 0.3 is 6.18 Å². The van der Waals surface area contributed by atoms with E-state index < -0.39 is 17.6 Å². The number of rotatable bonds is 5. The number of alkyl halides is 3. The number of H-pyrrole nitrogens is 1. The summed E-state index contributed by atoms with van der Waals surface area (Å²) in [5.41, 5.74) is 0.410. The van der Waals surface area contributed by atoms with Crippen LogP contribution < -0.4 is 19.8 Å². The van der Waals surface area contributed by atoms with E-state index >= 15 is 0 Å². The van der Waals surface area contributed by atoms with Crippen molar-refractivity contribution in [2.45, 2.75) is 25.7 Å². The number of nitrogens with zero attached hydrogens (tertiary/aromatic N) is 2. The highest BCUT2D eigenvalue weighted by molar-refractivity contribution is 5.50. The van der Waals surface area contributed by atoms with Crippen LogP contribution in [0.4, 0.5) is 13.2 Å². The van der Waals surface area contributed by atoms with Gasteiger partial charge in [-0.2, -0.15) is 13.2 Å². The third kappa shape index (κ3) is 3.91. The van der Waals surface area contributed by atoms with Gasteiger partial charge in [0.1, 0.15) is 17.2 Å². The fourth-order valence-electron chi connectivity index (χ4n) is 3.21. The van der Waals surface area contributed by atoms with E-state index in [4.69, 9.17) is 14.2 Å². The Hall–Kier alpha value is -2.75. The lowest BCUT2D eigenvalue weighted by atomic mass is 10.0. The number of ether oxygens (including phenoxy) is 3. The van der Waals surface area contributed by atoms with Crippen molar-refractivity contribution in [2.75, 3.05) is 27.9 Å². The van der Waals surface area contributed by atoms with Crippen molar-refractivity contribution >= 4 is 0 Å². The second-order valence-corrected chi connectivity index (χ2v) is 6.31. The quantitative estimate of drug-likeness (QED) is 0.832. The smallest absolute Gasteiger partial charge is 0.449 e. The van der Waals surface area contributed by atoms with Crippen molar-refractivity contribution < 1.29 is 27.4 Å². The highest BCUT2D eigenvalue weighted by atomic mass is 19.4. The largest absolute Gasteiger partial charge is 0.496 e. The molecule has 152 valence electrons. The van der Waals surface area contributed by atoms with E-state index in [0.29, 0.717) is 30.3 Å². The van der Waals surface area contributed by atoms with Crippen LogP contribution in [0.2, 0.25) is 0 Å². The topological polar surface area (TPSA) is 76.7 Å². The van der Waals surface area contributed by atoms with Crippen LogP contribution in [0, 0.1) is 0 Å². The molecule has 0 fully saturated rings. The fourth-order valence-corrected chi connectivity index (χ4v) is 3.21. The average Bonchev–Trinajstić information content (AvgIpc) is 2.67. The van der Waals surface area contributed by atoms with Crippen molar-refractivity contribution in [3.05, 3.63) is 45.1 Å². The van der Waals surface area contributed by atoms with Crippen molar-refractivity contribution in [2.24, 2.45) is 0 Å². The summed E-state index contributed by atoms with van der Waals surface area (Å²) >= 11 is 0. The lowest BCUT2D eigenvalue weighted by Crippen LogP contribution is -2.36. The zero-order valence-electron chi connectivity index (χ0n) is 15.6. The van der Waals surface area contributed by atoms with Crippen LogP contribution in [0.15, 0.2) is 16.9 Å². The number of fused-ring (bicyclic) bond motifs is 1. The van der Waals surface area contributed by atoms with Crippen molar-refractivity contribution in [1.82, 2.24) is 14.9 Å². The van der Waals surface area contributed by atoms with E-state index in [-0.39, 0.29) is 24.2 Å². The molecule has 2 aromatic rings. The molecule has 0 spiro atoms. The molecular weight excluding hydrogens is 379 g/mol. The highest BCUT2D eigenvalue weighted by Crippen LogP contribution is 2.35. The van der Waals surface area contributed by atoms with Gasteiger partial charge in [-0.1, -0.05) is 0 Å². The Labute approximate surface area is 159 Å². The van der Waals surface area contributed by atoms with Crippen LogP contribution in [0.1, 0.15) is 22.6 Å². The second-order valence-electron chi connectivity index (χ2n) is 6.31. The van der Waals surface area contributed by atoms with Crippen molar-refractivity contribution in [1.29, 1.82) is 0 Å². The van der Waals surface area contributed by atoms with Gasteiger partial charge in [0.2, 0.25) is 5.82 Å². The van der Waals surface area contributed by atoms with E-state index in [1.807, 2.05) is 9.88 Å². The van der Waals surface area contributed by atoms with Gasteiger partial charge in [-0.3, -0.25) is 9.69 Å². The van der Waals surface area contributed by atoms with Crippen LogP contribution in [0.5, 0.6) is 17.2 Å². The zero-order chi connectivity index (χ0) is 20.5. The first-order valence-electron chi connectivity index (χ1n) is 8.47. The molecule has 0 saturated heterocycles. The Balaban J connectivity index is 1.89. The zero-order valence-corrected chi connectivity index (χ0v) is 15.6. The number of nitrogens with one attached hydrogen (secondary N) is 1. The summed E-state index contributed by atoms with van der Waals surface area (Å²) in [5, 5.41) is 0. The molecule has 1 aromatic carbocycles. The number of aromatic amines is 1. The Morgan fingerprint density at radius 2 is 1.79 bits per heavy atom. The van der Waals surface area contributed by atoms with Crippen molar-refractivity contribution in [3.63, 3.8) is 0 Å². The summed E-state index contributed by atoms with van der Waals surface area (Å²) in [5.74, 6) is 0.424. The molecule has 10 heteroatoms. The Morgan fingerprint density at radius 1 is 1.14 bits per heavy atom. The van der Waals surface area contributed by atoms with Gasteiger partial charge in [-0.25, -0.2) is 4.98 Å². The summed E-state index contributed by atoms with van der Waals surface area (Å²) < 4.78 is 54.6. The molecule has 0 bridgehead atoms. The Kier molecular flexibility index (Phi) is 5.50. The van der Waals surface area contributed by atoms with Crippen LogP contribution in [0.25, 0.3) is 0 Å². The third-order valence-electron chi connectivity index (χ3n) is 4.62. The predicted octanol–water partition coefficient (Wildman–Crippen LogP) is 2.37. The van der Waals surface area contributed by atoms with Crippen LogP contribution in [-0.4, -0.2) is 42.7 Å². The number of aromatic nitrogens is 2. The molecule has 1 aliphatic heterocycles. The monoisotopic (exact) mass is 399 g/mol. The first-order chi connectivity index (χ1) is 13.3. The van der Waals surface area contributed by atoms with Gasteiger partial charge in [0.15, 0.2) is 0 Å². The third-order valence-corrected chi connectivity index (χ3v) is 4.62. The summed E-state index contributed by atoms with van der Waals surface area (Å²) in [6, 6.07) is 3.44. The molecule has 1 aliphatic rings. The Morgan fingerprint density at radius 3 is 2.32 bits per heavy atom. The number of methoxy groups -OCH3 is 3. The first kappa shape index (κ1) is 20.0.